The van der Waals surface area contributed by atoms with Crippen molar-refractivity contribution in [2.75, 3.05) is 5.73 Å². The number of rotatable bonds is 4. The fraction of sp³-hybridized carbons (Fsp3) is 0.250. The molecule has 0 amide bonds. The summed E-state index contributed by atoms with van der Waals surface area (Å²) in [5, 5.41) is 2.17. The van der Waals surface area contributed by atoms with Gasteiger partial charge in [-0.3, -0.25) is 0 Å². The molecule has 0 atom stereocenters. The molecule has 1 aromatic carbocycles. The minimum atomic E-state index is 0.379. The number of hydrogen-bond acceptors (Lipinski definition) is 7. The highest BCUT2D eigenvalue weighted by Gasteiger charge is 2.15. The molecule has 2 heterocycles. The second-order valence-corrected chi connectivity index (χ2v) is 7.33. The van der Waals surface area contributed by atoms with Crippen molar-refractivity contribution in [2.24, 2.45) is 4.99 Å². The Morgan fingerprint density at radius 2 is 2.20 bits per heavy atom. The van der Waals surface area contributed by atoms with Crippen LogP contribution in [0, 0.1) is 0 Å². The summed E-state index contributed by atoms with van der Waals surface area (Å²) in [5.74, 6) is 0.379. The van der Waals surface area contributed by atoms with E-state index in [1.54, 1.807) is 6.07 Å². The first-order chi connectivity index (χ1) is 12.0. The quantitative estimate of drug-likeness (QED) is 0.293. The summed E-state index contributed by atoms with van der Waals surface area (Å²) in [6.07, 6.45) is 2.41. The fourth-order valence-corrected chi connectivity index (χ4v) is 3.56. The number of hydrogen-bond donors (Lipinski definition) is 2. The molecule has 0 spiro atoms. The summed E-state index contributed by atoms with van der Waals surface area (Å²) in [7, 11) is 0. The van der Waals surface area contributed by atoms with Crippen molar-refractivity contribution in [3.63, 3.8) is 0 Å². The third kappa shape index (κ3) is 3.75. The standard InChI is InChI=1S/C16H17ClN6S2/c1-3-7-23-15-12(14(18)19-8-20-15)22-16(23)25-9(2)21-11-6-4-5-10(17)13(11)24/h4-6,8,24H,3,7H2,1-2H3,(H2,18,19,20). The maximum absolute atomic E-state index is 6.10. The molecule has 0 fully saturated rings. The Morgan fingerprint density at radius 3 is 2.96 bits per heavy atom. The fourth-order valence-electron chi connectivity index (χ4n) is 2.36. The summed E-state index contributed by atoms with van der Waals surface area (Å²) >= 11 is 12.0. The van der Waals surface area contributed by atoms with Crippen LogP contribution in [0.15, 0.2) is 39.6 Å². The molecule has 0 aliphatic carbocycles. The second-order valence-electron chi connectivity index (χ2n) is 5.32. The van der Waals surface area contributed by atoms with Gasteiger partial charge in [0.15, 0.2) is 22.1 Å². The number of halogens is 1. The van der Waals surface area contributed by atoms with Gasteiger partial charge in [-0.05, 0) is 37.2 Å². The van der Waals surface area contributed by atoms with E-state index in [9.17, 15) is 0 Å². The monoisotopic (exact) mass is 392 g/mol. The zero-order valence-corrected chi connectivity index (χ0v) is 16.2. The van der Waals surface area contributed by atoms with E-state index in [1.807, 2.05) is 23.6 Å². The Hall–Kier alpha value is -1.77. The number of nitrogen functional groups attached to an aromatic ring is 1. The maximum Gasteiger partial charge on any atom is 0.176 e. The van der Waals surface area contributed by atoms with Crippen molar-refractivity contribution < 1.29 is 0 Å². The van der Waals surface area contributed by atoms with E-state index in [0.717, 1.165) is 34.5 Å². The van der Waals surface area contributed by atoms with Gasteiger partial charge in [0.2, 0.25) is 0 Å². The Labute approximate surface area is 160 Å². The zero-order chi connectivity index (χ0) is 18.0. The number of aliphatic imine (C=N–C) groups is 1. The highest BCUT2D eigenvalue weighted by Crippen LogP contribution is 2.32. The van der Waals surface area contributed by atoms with Crippen LogP contribution in [-0.2, 0) is 6.54 Å². The van der Waals surface area contributed by atoms with Crippen molar-refractivity contribution in [1.29, 1.82) is 0 Å². The van der Waals surface area contributed by atoms with Crippen LogP contribution in [0.4, 0.5) is 11.5 Å². The Balaban J connectivity index is 1.99. The molecule has 2 N–H and O–H groups in total. The Morgan fingerprint density at radius 1 is 1.40 bits per heavy atom. The van der Waals surface area contributed by atoms with Gasteiger partial charge in [-0.1, -0.05) is 24.6 Å². The van der Waals surface area contributed by atoms with Crippen LogP contribution < -0.4 is 5.73 Å². The van der Waals surface area contributed by atoms with Crippen molar-refractivity contribution >= 4 is 63.7 Å². The molecule has 0 saturated carbocycles. The molecule has 3 rings (SSSR count). The van der Waals surface area contributed by atoms with Gasteiger partial charge in [0.05, 0.1) is 15.8 Å². The van der Waals surface area contributed by atoms with Gasteiger partial charge in [-0.25, -0.2) is 19.9 Å². The number of benzene rings is 1. The summed E-state index contributed by atoms with van der Waals surface area (Å²) in [5.41, 5.74) is 8.01. The van der Waals surface area contributed by atoms with Crippen molar-refractivity contribution in [2.45, 2.75) is 36.9 Å². The minimum absolute atomic E-state index is 0.379. The molecule has 2 aromatic heterocycles. The number of imidazole rings is 1. The Bertz CT molecular complexity index is 953. The first-order valence-electron chi connectivity index (χ1n) is 7.68. The van der Waals surface area contributed by atoms with E-state index in [0.29, 0.717) is 21.3 Å². The van der Waals surface area contributed by atoms with Gasteiger partial charge in [0, 0.05) is 11.4 Å². The van der Waals surface area contributed by atoms with E-state index in [4.69, 9.17) is 17.3 Å². The maximum atomic E-state index is 6.10. The number of thioether (sulfide) groups is 1. The SMILES string of the molecule is CCCn1c(SC(C)=Nc2cccc(Cl)c2S)nc2c(N)ncnc21. The van der Waals surface area contributed by atoms with E-state index in [2.05, 4.69) is 39.5 Å². The molecule has 130 valence electrons. The lowest BCUT2D eigenvalue weighted by atomic mass is 10.3. The molecular formula is C16H17ClN6S2. The minimum Gasteiger partial charge on any atom is -0.382 e. The molecule has 0 radical (unpaired) electrons. The molecule has 3 aromatic rings. The van der Waals surface area contributed by atoms with E-state index in [-0.39, 0.29) is 0 Å². The normalized spacial score (nSPS) is 12.1. The lowest BCUT2D eigenvalue weighted by Crippen LogP contribution is -2.01. The topological polar surface area (TPSA) is 82.0 Å². The average molecular weight is 393 g/mol. The number of thiol groups is 1. The van der Waals surface area contributed by atoms with Crippen LogP contribution in [0.5, 0.6) is 0 Å². The Kier molecular flexibility index (Phi) is 5.51. The summed E-state index contributed by atoms with van der Waals surface area (Å²) in [6, 6.07) is 5.51. The predicted molar refractivity (Wildman–Crippen MR) is 107 cm³/mol. The van der Waals surface area contributed by atoms with E-state index >= 15 is 0 Å². The highest BCUT2D eigenvalue weighted by molar-refractivity contribution is 8.13. The highest BCUT2D eigenvalue weighted by atomic mass is 35.5. The van der Waals surface area contributed by atoms with Crippen molar-refractivity contribution in [1.82, 2.24) is 19.5 Å². The predicted octanol–water partition coefficient (Wildman–Crippen LogP) is 4.60. The molecule has 0 unspecified atom stereocenters. The third-order valence-corrected chi connectivity index (χ3v) is 5.25. The molecule has 0 aliphatic heterocycles. The number of aromatic nitrogens is 4. The largest absolute Gasteiger partial charge is 0.382 e. The van der Waals surface area contributed by atoms with E-state index in [1.165, 1.54) is 18.1 Å². The van der Waals surface area contributed by atoms with Gasteiger partial charge < -0.3 is 10.3 Å². The number of aryl methyl sites for hydroxylation is 1. The van der Waals surface area contributed by atoms with Crippen LogP contribution in [0.2, 0.25) is 5.02 Å². The molecule has 0 bridgehead atoms. The molecule has 0 aliphatic rings. The zero-order valence-electron chi connectivity index (χ0n) is 13.8. The van der Waals surface area contributed by atoms with Crippen LogP contribution >= 0.6 is 36.0 Å². The van der Waals surface area contributed by atoms with Crippen LogP contribution in [0.25, 0.3) is 11.2 Å². The van der Waals surface area contributed by atoms with E-state index < -0.39 is 0 Å². The van der Waals surface area contributed by atoms with Gasteiger partial charge in [0.1, 0.15) is 6.33 Å². The summed E-state index contributed by atoms with van der Waals surface area (Å²) in [6.45, 7) is 4.81. The number of anilines is 1. The molecule has 25 heavy (non-hydrogen) atoms. The summed E-state index contributed by atoms with van der Waals surface area (Å²) < 4.78 is 2.04. The number of nitrogens with zero attached hydrogens (tertiary/aromatic N) is 5. The number of fused-ring (bicyclic) bond motifs is 1. The van der Waals surface area contributed by atoms with Gasteiger partial charge >= 0.3 is 0 Å². The van der Waals surface area contributed by atoms with Crippen LogP contribution in [0.1, 0.15) is 20.3 Å². The lowest BCUT2D eigenvalue weighted by Gasteiger charge is -2.07. The third-order valence-electron chi connectivity index (χ3n) is 3.45. The molecule has 0 saturated heterocycles. The van der Waals surface area contributed by atoms with Crippen LogP contribution in [-0.4, -0.2) is 24.6 Å². The second kappa shape index (κ2) is 7.63. The lowest BCUT2D eigenvalue weighted by molar-refractivity contribution is 0.634. The number of nitrogens with two attached hydrogens (primary N) is 1. The molecular weight excluding hydrogens is 376 g/mol. The smallest absolute Gasteiger partial charge is 0.176 e. The first-order valence-corrected chi connectivity index (χ1v) is 9.32. The van der Waals surface area contributed by atoms with Crippen LogP contribution in [0.3, 0.4) is 0 Å². The average Bonchev–Trinajstić information content (AvgIpc) is 2.91. The van der Waals surface area contributed by atoms with Gasteiger partial charge in [-0.15, -0.1) is 12.6 Å². The molecule has 9 heteroatoms. The summed E-state index contributed by atoms with van der Waals surface area (Å²) in [4.78, 5) is 18.2. The first kappa shape index (κ1) is 18.0. The van der Waals surface area contributed by atoms with Crippen molar-refractivity contribution in [3.8, 4) is 0 Å². The van der Waals surface area contributed by atoms with Gasteiger partial charge in [-0.2, -0.15) is 0 Å². The van der Waals surface area contributed by atoms with Crippen molar-refractivity contribution in [3.05, 3.63) is 29.5 Å². The molecule has 6 nitrogen and oxygen atoms in total. The van der Waals surface area contributed by atoms with Gasteiger partial charge in [0.25, 0.3) is 0 Å².